The Balaban J connectivity index is 0.000000146. The van der Waals surface area contributed by atoms with Crippen LogP contribution in [0, 0.1) is 48.5 Å². The first-order chi connectivity index (χ1) is 58.9. The van der Waals surface area contributed by atoms with Crippen molar-refractivity contribution in [3.8, 4) is 0 Å². The number of benzene rings is 6. The van der Waals surface area contributed by atoms with Crippen molar-refractivity contribution in [1.82, 2.24) is 72.4 Å². The van der Waals surface area contributed by atoms with Crippen molar-refractivity contribution < 1.29 is 168 Å². The summed E-state index contributed by atoms with van der Waals surface area (Å²) in [5, 5.41) is 21.7. The third kappa shape index (κ3) is 21.7. The number of aromatic nitrogens is 6. The summed E-state index contributed by atoms with van der Waals surface area (Å²) in [6.07, 6.45) is 13.9. The van der Waals surface area contributed by atoms with Gasteiger partial charge in [-0.3, -0.25) is 9.59 Å². The minimum atomic E-state index is -0.611. The van der Waals surface area contributed by atoms with Gasteiger partial charge in [0.15, 0.2) is 0 Å². The number of fused-ring (bicyclic) bond motifs is 6. The molecular weight excluding hydrogens is 1930 g/mol. The number of nitrogens with zero attached hydrogens (tertiary/aromatic N) is 12. The molecule has 8 saturated heterocycles. The van der Waals surface area contributed by atoms with Gasteiger partial charge in [-0.1, -0.05) is 63.0 Å². The second-order valence-electron chi connectivity index (χ2n) is 27.8. The Morgan fingerprint density at radius 3 is 1.12 bits per heavy atom. The maximum atomic E-state index is 12.1. The normalized spacial score (nSPS) is 18.7. The Morgan fingerprint density at radius 1 is 0.392 bits per heavy atom. The van der Waals surface area contributed by atoms with Crippen LogP contribution < -0.4 is 71.9 Å². The minimum absolute atomic E-state index is 0. The third-order valence-corrected chi connectivity index (χ3v) is 25.3. The SMILES string of the molecule is [3H]c1c(N2CC[C-](C(=O)N[C-]=C)C2)ccc2scnc12.[3H]c1cc(N2CCC3(C2)NC(=C)NC3=O)cc2ncsc12.[3H]c1cc(N2CC[C-](C(=O)N[C-]=C)C2)cc2ncsc12.[3H]c1cc2scnc2cc1N1CCC2(C1)NC(=C)NC2=O.[3H]c1cc2scnc2cc1N1CC[C-](C(=O)N[C-]=C)C1.[3H]c1nc2cc(N3CC[C-](C(=O)N[C-]=C)C3)ccc2s1.[Y].[Y].[Y].[Y]. The average molecular weight is 2030 g/mol. The molecular formula is C84H80N20O6S6Y4-8. The molecule has 0 bridgehead atoms. The van der Waals surface area contributed by atoms with Crippen LogP contribution in [0.25, 0.3) is 61.3 Å². The molecule has 20 rings (SSSR count). The van der Waals surface area contributed by atoms with Gasteiger partial charge >= 0.3 is 0 Å². The molecule has 0 aliphatic carbocycles. The average Bonchev–Trinajstić information content (AvgIpc) is 1.60. The summed E-state index contributed by atoms with van der Waals surface area (Å²) in [7, 11) is 0. The second kappa shape index (κ2) is 42.5. The Hall–Kier alpha value is -7.78. The number of nitrogens with one attached hydrogen (secondary N) is 8. The van der Waals surface area contributed by atoms with Crippen molar-refractivity contribution in [3.63, 3.8) is 0 Å². The summed E-state index contributed by atoms with van der Waals surface area (Å²) in [5.41, 5.74) is 18.4. The number of amides is 6. The van der Waals surface area contributed by atoms with E-state index in [1.165, 1.54) is 68.0 Å². The van der Waals surface area contributed by atoms with E-state index < -0.39 is 11.1 Å². The van der Waals surface area contributed by atoms with Gasteiger partial charge in [-0.25, -0.2) is 29.9 Å². The molecule has 14 heterocycles. The molecule has 8 fully saturated rings. The summed E-state index contributed by atoms with van der Waals surface area (Å²) in [6.45, 7) is 29.0. The predicted molar refractivity (Wildman–Crippen MR) is 466 cm³/mol. The smallest absolute Gasteiger partial charge is 0.253 e. The van der Waals surface area contributed by atoms with Crippen LogP contribution in [0.2, 0.25) is 0 Å². The van der Waals surface area contributed by atoms with Gasteiger partial charge in [-0.15, -0.1) is 68.0 Å². The van der Waals surface area contributed by atoms with E-state index in [0.717, 1.165) is 178 Å². The van der Waals surface area contributed by atoms with E-state index in [2.05, 4.69) is 156 Å². The topological polar surface area (TPSA) is 295 Å². The largest absolute Gasteiger partial charge is 0.521 e. The van der Waals surface area contributed by atoms with Gasteiger partial charge in [-0.2, -0.15) is 76.8 Å². The van der Waals surface area contributed by atoms with Crippen LogP contribution in [0.4, 0.5) is 34.1 Å². The molecule has 2 atom stereocenters. The fraction of sp³-hybridized carbons (Fsp3) is 0.238. The number of hydrogen-bond donors (Lipinski definition) is 8. The van der Waals surface area contributed by atoms with Gasteiger partial charge in [0.05, 0.1) is 127 Å². The van der Waals surface area contributed by atoms with E-state index >= 15 is 0 Å². The summed E-state index contributed by atoms with van der Waals surface area (Å²) in [4.78, 5) is 109. The fourth-order valence-corrected chi connectivity index (χ4v) is 18.4. The summed E-state index contributed by atoms with van der Waals surface area (Å²) in [6, 6.07) is 27.4. The van der Waals surface area contributed by atoms with Crippen LogP contribution in [-0.4, -0.2) is 155 Å². The molecule has 6 amide bonds. The molecule has 8 N–H and O–H groups in total. The van der Waals surface area contributed by atoms with E-state index in [4.69, 9.17) is 8.22 Å². The molecule has 608 valence electrons. The molecule has 6 aromatic heterocycles. The maximum absolute atomic E-state index is 12.1. The Morgan fingerprint density at radius 2 is 0.708 bits per heavy atom. The van der Waals surface area contributed by atoms with Crippen molar-refractivity contribution in [2.45, 2.75) is 49.6 Å². The number of rotatable bonds is 14. The van der Waals surface area contributed by atoms with Crippen molar-refractivity contribution in [2.75, 3.05) is 108 Å². The molecule has 120 heavy (non-hydrogen) atoms. The van der Waals surface area contributed by atoms with Gasteiger partial charge in [0.2, 0.25) is 0 Å². The van der Waals surface area contributed by atoms with Crippen LogP contribution in [0.3, 0.4) is 0 Å². The van der Waals surface area contributed by atoms with Gasteiger partial charge in [0.1, 0.15) is 11.1 Å². The van der Waals surface area contributed by atoms with Crippen LogP contribution >= 0.6 is 68.0 Å². The second-order valence-corrected chi connectivity index (χ2v) is 33.0. The number of hydrogen-bond acceptors (Lipinski definition) is 26. The maximum Gasteiger partial charge on any atom is 0.253 e. The third-order valence-electron chi connectivity index (χ3n) is 20.6. The number of anilines is 6. The van der Waals surface area contributed by atoms with Crippen LogP contribution in [0.15, 0.2) is 193 Å². The molecule has 2 unspecified atom stereocenters. The van der Waals surface area contributed by atoms with Crippen molar-refractivity contribution in [1.29, 1.82) is 0 Å². The molecule has 0 saturated carbocycles. The molecule has 12 aromatic rings. The van der Waals surface area contributed by atoms with Gasteiger partial charge in [-0.05, 0) is 148 Å². The molecule has 2 spiro atoms. The van der Waals surface area contributed by atoms with Crippen LogP contribution in [-0.2, 0) is 160 Å². The van der Waals surface area contributed by atoms with Crippen LogP contribution in [0.5, 0.6) is 0 Å². The van der Waals surface area contributed by atoms with Crippen molar-refractivity contribution >= 4 is 199 Å². The number of carbonyl (C=O) groups excluding carboxylic acids is 6. The molecule has 8 aliphatic rings. The zero-order chi connectivity index (χ0) is 85.7. The Bertz CT molecular complexity index is 6080. The van der Waals surface area contributed by atoms with E-state index in [9.17, 15) is 28.8 Å². The molecule has 6 aromatic carbocycles. The Labute approximate surface area is 828 Å². The molecule has 26 nitrogen and oxygen atoms in total. The van der Waals surface area contributed by atoms with Crippen molar-refractivity contribution in [3.05, 3.63) is 242 Å². The summed E-state index contributed by atoms with van der Waals surface area (Å²) < 4.78 is 54.1. The Kier molecular flexibility index (Phi) is 29.9. The summed E-state index contributed by atoms with van der Waals surface area (Å²) in [5.74, 6) is 3.80. The summed E-state index contributed by atoms with van der Waals surface area (Å²) >= 11 is 8.92. The zero-order valence-corrected chi connectivity index (χ0v) is 81.2. The van der Waals surface area contributed by atoms with Gasteiger partial charge < -0.3 is 115 Å². The quantitative estimate of drug-likeness (QED) is 0.0371. The van der Waals surface area contributed by atoms with Gasteiger partial charge in [0.25, 0.3) is 11.8 Å². The number of carbonyl (C=O) groups is 6. The number of thiazole rings is 6. The van der Waals surface area contributed by atoms with E-state index in [0.29, 0.717) is 106 Å². The van der Waals surface area contributed by atoms with E-state index in [1.54, 1.807) is 27.6 Å². The molecule has 8 aliphatic heterocycles. The first kappa shape index (κ1) is 84.4. The van der Waals surface area contributed by atoms with Gasteiger partial charge in [0, 0.05) is 178 Å². The standard InChI is InChI=1S/2C14H14N4OS.4C14H13N3OS.4Y/c2*1-9-16-13(19)14(17-9)4-5-18(7-14)10-2-3-12-11(6-10)15-8-20-12;4*1-2-15-14(18)10-5-6-17(8-10)11-3-4-13-12(7-11)16-9-19-13;;;;/h2*2-3,6,8,17H,1,4-5,7H2,(H,16,19);4*3-4,7,9H,1,5-6,8H2,(H,15,18);;;;/q;;4*-2;;;;/i3T;2T;9T;7T;4T;3T;;;;. The predicted octanol–water partition coefficient (Wildman–Crippen LogP) is 11.4. The van der Waals surface area contributed by atoms with Crippen molar-refractivity contribution in [2.24, 2.45) is 0 Å². The first-order valence-corrected chi connectivity index (χ1v) is 41.9. The van der Waals surface area contributed by atoms with E-state index in [1.807, 2.05) is 88.7 Å². The van der Waals surface area contributed by atoms with Crippen LogP contribution in [0.1, 0.15) is 46.7 Å². The zero-order valence-electron chi connectivity index (χ0n) is 70.9. The molecule has 36 heteroatoms. The fourth-order valence-electron chi connectivity index (χ4n) is 14.6. The monoisotopic (exact) mass is 2020 g/mol. The molecule has 4 radical (unpaired) electrons. The minimum Gasteiger partial charge on any atom is -0.521 e. The first-order valence-electron chi connectivity index (χ1n) is 39.7. The van der Waals surface area contributed by atoms with E-state index in [-0.39, 0.29) is 166 Å².